The van der Waals surface area contributed by atoms with Crippen LogP contribution in [0.2, 0.25) is 0 Å². The molecule has 0 radical (unpaired) electrons. The Balaban J connectivity index is 2.50. The Bertz CT molecular complexity index is 849. The van der Waals surface area contributed by atoms with Crippen LogP contribution < -0.4 is 5.32 Å². The summed E-state index contributed by atoms with van der Waals surface area (Å²) in [5, 5.41) is 75.4. The van der Waals surface area contributed by atoms with Gasteiger partial charge in [0.2, 0.25) is 5.91 Å². The van der Waals surface area contributed by atoms with Crippen molar-refractivity contribution in [3.05, 3.63) is 0 Å². The molecule has 0 aromatic carbocycles. The highest BCUT2D eigenvalue weighted by Crippen LogP contribution is 2.23. The largest absolute Gasteiger partial charge is 0.394 e. The van der Waals surface area contributed by atoms with Crippen molar-refractivity contribution in [1.29, 1.82) is 0 Å². The van der Waals surface area contributed by atoms with Crippen LogP contribution in [0.5, 0.6) is 0 Å². The number of unbranched alkanes of at least 4 members (excludes halogenated alkanes) is 21. The van der Waals surface area contributed by atoms with Gasteiger partial charge in [-0.05, 0) is 18.8 Å². The molecular formula is C42H83NO10. The second-order valence-corrected chi connectivity index (χ2v) is 16.3. The third kappa shape index (κ3) is 23.7. The minimum absolute atomic E-state index is 0.265. The van der Waals surface area contributed by atoms with E-state index in [0.717, 1.165) is 44.4 Å². The van der Waals surface area contributed by atoms with E-state index in [1.807, 2.05) is 0 Å². The molecule has 8 N–H and O–H groups in total. The van der Waals surface area contributed by atoms with Crippen molar-refractivity contribution in [2.24, 2.45) is 5.92 Å². The molecule has 0 aliphatic carbocycles. The van der Waals surface area contributed by atoms with Gasteiger partial charge in [0.1, 0.15) is 36.6 Å². The fraction of sp³-hybridized carbons (Fsp3) is 0.976. The first kappa shape index (κ1) is 50.1. The molecule has 0 spiro atoms. The summed E-state index contributed by atoms with van der Waals surface area (Å²) >= 11 is 0. The van der Waals surface area contributed by atoms with Gasteiger partial charge in [-0.1, -0.05) is 175 Å². The predicted octanol–water partition coefficient (Wildman–Crippen LogP) is 6.19. The molecule has 9 atom stereocenters. The van der Waals surface area contributed by atoms with Crippen LogP contribution in [0.3, 0.4) is 0 Å². The molecule has 1 fully saturated rings. The van der Waals surface area contributed by atoms with Gasteiger partial charge in [0, 0.05) is 0 Å². The van der Waals surface area contributed by atoms with E-state index in [1.54, 1.807) is 0 Å². The summed E-state index contributed by atoms with van der Waals surface area (Å²) in [6.07, 6.45) is 17.3. The molecule has 0 aromatic rings. The van der Waals surface area contributed by atoms with Crippen molar-refractivity contribution in [2.75, 3.05) is 13.2 Å². The summed E-state index contributed by atoms with van der Waals surface area (Å²) < 4.78 is 11.1. The molecule has 0 unspecified atom stereocenters. The second-order valence-electron chi connectivity index (χ2n) is 16.3. The van der Waals surface area contributed by atoms with Crippen molar-refractivity contribution in [3.63, 3.8) is 0 Å². The van der Waals surface area contributed by atoms with Gasteiger partial charge in [-0.15, -0.1) is 0 Å². The number of amides is 1. The van der Waals surface area contributed by atoms with Gasteiger partial charge in [0.05, 0.1) is 25.4 Å². The van der Waals surface area contributed by atoms with Gasteiger partial charge in [-0.2, -0.15) is 0 Å². The predicted molar refractivity (Wildman–Crippen MR) is 210 cm³/mol. The summed E-state index contributed by atoms with van der Waals surface area (Å²) in [4.78, 5) is 13.0. The summed E-state index contributed by atoms with van der Waals surface area (Å²) in [6.45, 7) is 5.71. The van der Waals surface area contributed by atoms with Crippen molar-refractivity contribution in [2.45, 2.75) is 243 Å². The standard InChI is InChI=1S/C42H83NO10/c1-4-5-6-7-8-9-10-11-12-13-16-20-23-26-29-35(46)41(51)43-33(31-52-42-40(50)39(49)38(48)36(30-44)53-42)37(47)34(45)28-25-22-19-17-14-15-18-21-24-27-32(2)3/h32-40,42,44-50H,4-31H2,1-3H3,(H,43,51)/t33-,34+,35-,36+,37-,38+,39-,40+,42+/m0/s1. The Kier molecular flexibility index (Phi) is 30.5. The SMILES string of the molecule is CCCCCCCCCCCCCCCC[C@H](O)C(=O)N[C@@H](CO[C@@H]1O[C@H](CO)[C@@H](O)[C@H](O)[C@H]1O)[C@H](O)[C@H](O)CCCCCCCCCCCC(C)C. The van der Waals surface area contributed by atoms with Gasteiger partial charge in [0.15, 0.2) is 6.29 Å². The highest BCUT2D eigenvalue weighted by atomic mass is 16.7. The molecule has 1 aliphatic rings. The molecule has 316 valence electrons. The lowest BCUT2D eigenvalue weighted by Crippen LogP contribution is -2.60. The van der Waals surface area contributed by atoms with Crippen LogP contribution in [0.1, 0.15) is 188 Å². The van der Waals surface area contributed by atoms with Crippen LogP contribution in [0.25, 0.3) is 0 Å². The number of aliphatic hydroxyl groups is 7. The molecule has 53 heavy (non-hydrogen) atoms. The Labute approximate surface area is 322 Å². The van der Waals surface area contributed by atoms with Crippen molar-refractivity contribution >= 4 is 5.91 Å². The van der Waals surface area contributed by atoms with Crippen molar-refractivity contribution < 1.29 is 50.0 Å². The topological polar surface area (TPSA) is 189 Å². The van der Waals surface area contributed by atoms with Crippen LogP contribution in [0.15, 0.2) is 0 Å². The molecule has 11 heteroatoms. The average Bonchev–Trinajstić information content (AvgIpc) is 3.14. The third-order valence-corrected chi connectivity index (χ3v) is 10.8. The normalized spacial score (nSPS) is 22.9. The van der Waals surface area contributed by atoms with Crippen molar-refractivity contribution in [1.82, 2.24) is 5.32 Å². The number of ether oxygens (including phenoxy) is 2. The summed E-state index contributed by atoms with van der Waals surface area (Å²) in [5.74, 6) is 0.0678. The molecule has 1 saturated heterocycles. The fourth-order valence-corrected chi connectivity index (χ4v) is 7.15. The van der Waals surface area contributed by atoms with Crippen LogP contribution in [0.4, 0.5) is 0 Å². The number of aliphatic hydroxyl groups excluding tert-OH is 7. The lowest BCUT2D eigenvalue weighted by molar-refractivity contribution is -0.303. The lowest BCUT2D eigenvalue weighted by Gasteiger charge is -2.40. The Morgan fingerprint density at radius 2 is 1.06 bits per heavy atom. The van der Waals surface area contributed by atoms with E-state index in [4.69, 9.17) is 9.47 Å². The second kappa shape index (κ2) is 32.2. The molecule has 0 aromatic heterocycles. The van der Waals surface area contributed by atoms with Gasteiger partial charge in [0.25, 0.3) is 0 Å². The quantitative estimate of drug-likeness (QED) is 0.0346. The molecule has 1 heterocycles. The van der Waals surface area contributed by atoms with E-state index >= 15 is 0 Å². The smallest absolute Gasteiger partial charge is 0.249 e. The van der Waals surface area contributed by atoms with E-state index in [2.05, 4.69) is 26.1 Å². The number of carbonyl (C=O) groups excluding carboxylic acids is 1. The molecule has 1 amide bonds. The average molecular weight is 762 g/mol. The van der Waals surface area contributed by atoms with E-state index in [9.17, 15) is 40.5 Å². The zero-order chi connectivity index (χ0) is 39.3. The minimum Gasteiger partial charge on any atom is -0.394 e. The van der Waals surface area contributed by atoms with Crippen LogP contribution in [-0.2, 0) is 14.3 Å². The maximum atomic E-state index is 13.0. The number of carbonyl (C=O) groups is 1. The monoisotopic (exact) mass is 762 g/mol. The summed E-state index contributed by atoms with van der Waals surface area (Å²) in [5.41, 5.74) is 0. The molecule has 1 rings (SSSR count). The van der Waals surface area contributed by atoms with Crippen LogP contribution >= 0.6 is 0 Å². The van der Waals surface area contributed by atoms with Gasteiger partial charge in [-0.3, -0.25) is 4.79 Å². The zero-order valence-electron chi connectivity index (χ0n) is 33.9. The number of rotatable bonds is 35. The number of hydrogen-bond acceptors (Lipinski definition) is 10. The molecule has 11 nitrogen and oxygen atoms in total. The van der Waals surface area contributed by atoms with Gasteiger partial charge < -0.3 is 50.5 Å². The van der Waals surface area contributed by atoms with E-state index in [0.29, 0.717) is 19.3 Å². The highest BCUT2D eigenvalue weighted by molar-refractivity contribution is 5.80. The first-order chi connectivity index (χ1) is 25.5. The number of nitrogens with one attached hydrogen (secondary N) is 1. The minimum atomic E-state index is -1.66. The Hall–Kier alpha value is -0.890. The molecule has 1 aliphatic heterocycles. The van der Waals surface area contributed by atoms with Crippen LogP contribution in [-0.4, -0.2) is 110 Å². The molecular weight excluding hydrogens is 678 g/mol. The first-order valence-corrected chi connectivity index (χ1v) is 21.8. The zero-order valence-corrected chi connectivity index (χ0v) is 33.9. The molecule has 0 saturated carbocycles. The summed E-state index contributed by atoms with van der Waals surface area (Å²) in [6, 6.07) is -1.16. The maximum Gasteiger partial charge on any atom is 0.249 e. The first-order valence-electron chi connectivity index (χ1n) is 21.8. The van der Waals surface area contributed by atoms with Crippen molar-refractivity contribution in [3.8, 4) is 0 Å². The van der Waals surface area contributed by atoms with Crippen LogP contribution in [0, 0.1) is 5.92 Å². The highest BCUT2D eigenvalue weighted by Gasteiger charge is 2.44. The van der Waals surface area contributed by atoms with E-state index in [-0.39, 0.29) is 6.42 Å². The lowest BCUT2D eigenvalue weighted by atomic mass is 9.98. The Morgan fingerprint density at radius 1 is 0.623 bits per heavy atom. The van der Waals surface area contributed by atoms with Gasteiger partial charge >= 0.3 is 0 Å². The number of hydrogen-bond donors (Lipinski definition) is 8. The van der Waals surface area contributed by atoms with E-state index in [1.165, 1.54) is 103 Å². The molecule has 0 bridgehead atoms. The Morgan fingerprint density at radius 3 is 1.51 bits per heavy atom. The van der Waals surface area contributed by atoms with E-state index < -0.39 is 74.2 Å². The maximum absolute atomic E-state index is 13.0. The third-order valence-electron chi connectivity index (χ3n) is 10.8. The summed E-state index contributed by atoms with van der Waals surface area (Å²) in [7, 11) is 0. The van der Waals surface area contributed by atoms with Gasteiger partial charge in [-0.25, -0.2) is 0 Å². The fourth-order valence-electron chi connectivity index (χ4n) is 7.15.